The largest absolute Gasteiger partial charge is 0.492 e. The van der Waals surface area contributed by atoms with Crippen LogP contribution in [0.15, 0.2) is 30.3 Å². The van der Waals surface area contributed by atoms with Gasteiger partial charge in [0.25, 0.3) is 0 Å². The highest BCUT2D eigenvalue weighted by atomic mass is 16.5. The van der Waals surface area contributed by atoms with E-state index in [1.54, 1.807) is 7.11 Å². The molecule has 0 heterocycles. The molecule has 26 heavy (non-hydrogen) atoms. The molecule has 0 aromatic heterocycles. The van der Waals surface area contributed by atoms with Gasteiger partial charge in [0.05, 0.1) is 19.3 Å². The number of ether oxygens (including phenoxy) is 2. The van der Waals surface area contributed by atoms with E-state index in [0.717, 1.165) is 34.3 Å². The Labute approximate surface area is 156 Å². The maximum absolute atomic E-state index is 9.52. The van der Waals surface area contributed by atoms with Crippen molar-refractivity contribution < 1.29 is 14.6 Å². The molecule has 1 aliphatic rings. The lowest BCUT2D eigenvalue weighted by Gasteiger charge is -2.44. The average Bonchev–Trinajstić information content (AvgIpc) is 2.56. The van der Waals surface area contributed by atoms with Crippen LogP contribution < -0.4 is 15.2 Å². The van der Waals surface area contributed by atoms with E-state index in [9.17, 15) is 5.11 Å². The second-order valence-corrected chi connectivity index (χ2v) is 8.81. The van der Waals surface area contributed by atoms with E-state index in [4.69, 9.17) is 15.2 Å². The average molecular weight is 357 g/mol. The fourth-order valence-corrected chi connectivity index (χ4v) is 3.80. The van der Waals surface area contributed by atoms with E-state index in [2.05, 4.69) is 20.8 Å². The lowest BCUT2D eigenvalue weighted by atomic mass is 9.66. The molecular weight excluding hydrogens is 326 g/mol. The molecule has 4 nitrogen and oxygen atoms in total. The smallest absolute Gasteiger partial charge is 0.168 e. The van der Waals surface area contributed by atoms with Crippen molar-refractivity contribution in [2.45, 2.75) is 52.2 Å². The maximum atomic E-state index is 9.52. The molecule has 1 fully saturated rings. The molecule has 142 valence electrons. The van der Waals surface area contributed by atoms with Crippen molar-refractivity contribution in [1.29, 1.82) is 0 Å². The van der Waals surface area contributed by atoms with Gasteiger partial charge in [-0.15, -0.1) is 0 Å². The van der Waals surface area contributed by atoms with Crippen molar-refractivity contribution in [3.63, 3.8) is 0 Å². The molecule has 4 heteroatoms. The van der Waals surface area contributed by atoms with Crippen LogP contribution in [0, 0.1) is 11.3 Å². The predicted octanol–water partition coefficient (Wildman–Crippen LogP) is 4.22. The molecule has 0 spiro atoms. The van der Waals surface area contributed by atoms with Crippen molar-refractivity contribution in [3.8, 4) is 11.5 Å². The zero-order valence-corrected chi connectivity index (χ0v) is 16.5. The van der Waals surface area contributed by atoms with Crippen LogP contribution in [-0.4, -0.2) is 24.9 Å². The number of aliphatic hydroxyl groups is 1. The topological polar surface area (TPSA) is 64.7 Å². The highest BCUT2D eigenvalue weighted by Gasteiger charge is 2.41. The first-order chi connectivity index (χ1) is 12.2. The summed E-state index contributed by atoms with van der Waals surface area (Å²) in [5.74, 6) is 2.12. The number of rotatable bonds is 5. The Balaban J connectivity index is 1.94. The van der Waals surface area contributed by atoms with Gasteiger partial charge in [0.2, 0.25) is 0 Å². The number of hydrogen-bond donors (Lipinski definition) is 2. The quantitative estimate of drug-likeness (QED) is 0.841. The molecule has 0 saturated heterocycles. The third-order valence-corrected chi connectivity index (χ3v) is 5.73. The molecule has 1 saturated carbocycles. The van der Waals surface area contributed by atoms with Gasteiger partial charge in [-0.25, -0.2) is 0 Å². The summed E-state index contributed by atoms with van der Waals surface area (Å²) in [4.78, 5) is 0. The Morgan fingerprint density at radius 2 is 1.85 bits per heavy atom. The number of methoxy groups -OCH3 is 1. The minimum Gasteiger partial charge on any atom is -0.492 e. The first-order valence-electron chi connectivity index (χ1n) is 9.35. The number of benzene rings is 2. The second-order valence-electron chi connectivity index (χ2n) is 8.81. The van der Waals surface area contributed by atoms with Crippen LogP contribution in [0.3, 0.4) is 0 Å². The van der Waals surface area contributed by atoms with Gasteiger partial charge >= 0.3 is 0 Å². The number of hydrogen-bond acceptors (Lipinski definition) is 4. The molecule has 3 N–H and O–H groups in total. The minimum atomic E-state index is -0.761. The Morgan fingerprint density at radius 3 is 2.38 bits per heavy atom. The molecule has 0 aliphatic heterocycles. The second kappa shape index (κ2) is 6.75. The van der Waals surface area contributed by atoms with Crippen molar-refractivity contribution >= 4 is 10.8 Å². The van der Waals surface area contributed by atoms with Gasteiger partial charge < -0.3 is 20.3 Å². The summed E-state index contributed by atoms with van der Waals surface area (Å²) in [7, 11) is 1.68. The summed E-state index contributed by atoms with van der Waals surface area (Å²) >= 11 is 0. The highest BCUT2D eigenvalue weighted by Crippen LogP contribution is 2.46. The van der Waals surface area contributed by atoms with Crippen molar-refractivity contribution in [2.24, 2.45) is 17.1 Å². The number of aliphatic hydroxyl groups excluding tert-OH is 1. The molecule has 0 radical (unpaired) electrons. The highest BCUT2D eigenvalue weighted by molar-refractivity contribution is 5.91. The Morgan fingerprint density at radius 1 is 1.12 bits per heavy atom. The zero-order valence-electron chi connectivity index (χ0n) is 16.5. The van der Waals surface area contributed by atoms with Crippen molar-refractivity contribution in [1.82, 2.24) is 0 Å². The molecule has 3 rings (SSSR count). The molecule has 2 aromatic carbocycles. The first-order valence-corrected chi connectivity index (χ1v) is 9.35. The van der Waals surface area contributed by atoms with Gasteiger partial charge in [-0.3, -0.25) is 0 Å². The molecule has 2 aromatic rings. The van der Waals surface area contributed by atoms with Gasteiger partial charge in [0.15, 0.2) is 11.5 Å². The molecular formula is C22H31NO3. The first kappa shape index (κ1) is 19.0. The van der Waals surface area contributed by atoms with Gasteiger partial charge in [-0.1, -0.05) is 39.0 Å². The summed E-state index contributed by atoms with van der Waals surface area (Å²) in [5.41, 5.74) is 6.55. The lowest BCUT2D eigenvalue weighted by Crippen LogP contribution is -2.44. The van der Waals surface area contributed by atoms with Crippen LogP contribution in [0.1, 0.15) is 46.1 Å². The molecule has 1 aliphatic carbocycles. The van der Waals surface area contributed by atoms with Gasteiger partial charge in [-0.05, 0) is 48.3 Å². The van der Waals surface area contributed by atoms with Gasteiger partial charge in [0, 0.05) is 11.3 Å². The minimum absolute atomic E-state index is 0.104. The van der Waals surface area contributed by atoms with Crippen LogP contribution in [0.4, 0.5) is 0 Å². The summed E-state index contributed by atoms with van der Waals surface area (Å²) in [6.45, 7) is 8.55. The van der Waals surface area contributed by atoms with Crippen molar-refractivity contribution in [3.05, 3.63) is 35.9 Å². The predicted molar refractivity (Wildman–Crippen MR) is 106 cm³/mol. The van der Waals surface area contributed by atoms with Crippen LogP contribution in [0.25, 0.3) is 10.8 Å². The van der Waals surface area contributed by atoms with Crippen LogP contribution >= 0.6 is 0 Å². The van der Waals surface area contributed by atoms with Gasteiger partial charge in [-0.2, -0.15) is 0 Å². The molecule has 2 unspecified atom stereocenters. The Hall–Kier alpha value is -1.78. The molecule has 0 bridgehead atoms. The summed E-state index contributed by atoms with van der Waals surface area (Å²) in [5, 5.41) is 11.5. The fourth-order valence-electron chi connectivity index (χ4n) is 3.80. The zero-order chi connectivity index (χ0) is 19.1. The van der Waals surface area contributed by atoms with E-state index in [-0.39, 0.29) is 18.1 Å². The van der Waals surface area contributed by atoms with E-state index >= 15 is 0 Å². The standard InChI is InChI=1S/C22H31NO3/c1-21(2,3)17-9-11-18(17)26-19-10-6-14-12-15(22(4,23)13-24)7-8-16(14)20(19)25-5/h6-8,10,12,17-18,24H,9,11,13,23H2,1-5H3/t17?,18?,22-/m0/s1. The van der Waals surface area contributed by atoms with E-state index in [0.29, 0.717) is 5.92 Å². The van der Waals surface area contributed by atoms with Crippen LogP contribution in [0.2, 0.25) is 0 Å². The summed E-state index contributed by atoms with van der Waals surface area (Å²) in [6.07, 6.45) is 2.54. The molecule has 3 atom stereocenters. The summed E-state index contributed by atoms with van der Waals surface area (Å²) < 4.78 is 12.0. The van der Waals surface area contributed by atoms with Crippen LogP contribution in [-0.2, 0) is 5.54 Å². The normalized spacial score (nSPS) is 22.6. The van der Waals surface area contributed by atoms with Crippen molar-refractivity contribution in [2.75, 3.05) is 13.7 Å². The Kier molecular flexibility index (Phi) is 4.93. The lowest BCUT2D eigenvalue weighted by molar-refractivity contribution is -0.0190. The number of fused-ring (bicyclic) bond motifs is 1. The van der Waals surface area contributed by atoms with E-state index in [1.165, 1.54) is 6.42 Å². The number of nitrogens with two attached hydrogens (primary N) is 1. The third kappa shape index (κ3) is 3.40. The monoisotopic (exact) mass is 357 g/mol. The third-order valence-electron chi connectivity index (χ3n) is 5.73. The summed E-state index contributed by atoms with van der Waals surface area (Å²) in [6, 6.07) is 9.98. The van der Waals surface area contributed by atoms with Gasteiger partial charge in [0.1, 0.15) is 6.10 Å². The Bertz CT molecular complexity index is 792. The molecule has 0 amide bonds. The fraction of sp³-hybridized carbons (Fsp3) is 0.545. The van der Waals surface area contributed by atoms with E-state index in [1.807, 2.05) is 37.3 Å². The maximum Gasteiger partial charge on any atom is 0.168 e. The SMILES string of the molecule is COc1c(OC2CCC2C(C)(C)C)ccc2cc([C@@](C)(N)CO)ccc12. The van der Waals surface area contributed by atoms with E-state index < -0.39 is 5.54 Å². The van der Waals surface area contributed by atoms with Crippen LogP contribution in [0.5, 0.6) is 11.5 Å².